The molecule has 1 aromatic carbocycles. The summed E-state index contributed by atoms with van der Waals surface area (Å²) in [6.45, 7) is 1.40. The van der Waals surface area contributed by atoms with Crippen LogP contribution >= 0.6 is 27.5 Å². The molecule has 0 unspecified atom stereocenters. The minimum Gasteiger partial charge on any atom is -0.399 e. The van der Waals surface area contributed by atoms with Gasteiger partial charge in [-0.3, -0.25) is 9.48 Å². The molecule has 0 amide bonds. The summed E-state index contributed by atoms with van der Waals surface area (Å²) in [6, 6.07) is 4.83. The van der Waals surface area contributed by atoms with E-state index in [0.29, 0.717) is 33.0 Å². The predicted octanol–water partition coefficient (Wildman–Crippen LogP) is 2.67. The topological polar surface area (TPSA) is 64.2 Å². The van der Waals surface area contributed by atoms with Gasteiger partial charge in [-0.2, -0.15) is 5.10 Å². The lowest BCUT2D eigenvalue weighted by molar-refractivity contribution is 0.102. The van der Waals surface area contributed by atoms with Crippen LogP contribution in [0.5, 0.6) is 0 Å². The number of likely N-dealkylation sites (N-methyl/N-ethyl adjacent to an activating group) is 1. The maximum Gasteiger partial charge on any atom is 0.212 e. The van der Waals surface area contributed by atoms with E-state index in [4.69, 9.17) is 17.3 Å². The van der Waals surface area contributed by atoms with Crippen molar-refractivity contribution in [1.82, 2.24) is 14.7 Å². The molecule has 0 atom stereocenters. The summed E-state index contributed by atoms with van der Waals surface area (Å²) in [6.07, 6.45) is 1.62. The SMILES string of the molecule is CN(C)CCn1ncc(Br)c1C(=O)c1cc(N)cc(Cl)c1. The Bertz CT molecular complexity index is 649. The smallest absolute Gasteiger partial charge is 0.212 e. The number of nitrogens with zero attached hydrogens (tertiary/aromatic N) is 3. The minimum absolute atomic E-state index is 0.160. The monoisotopic (exact) mass is 370 g/mol. The van der Waals surface area contributed by atoms with Crippen molar-refractivity contribution in [1.29, 1.82) is 0 Å². The summed E-state index contributed by atoms with van der Waals surface area (Å²) in [5, 5.41) is 4.68. The first-order valence-electron chi connectivity index (χ1n) is 6.35. The van der Waals surface area contributed by atoms with Crippen LogP contribution in [0.3, 0.4) is 0 Å². The van der Waals surface area contributed by atoms with Crippen LogP contribution in [0.2, 0.25) is 5.02 Å². The highest BCUT2D eigenvalue weighted by atomic mass is 79.9. The number of carbonyl (C=O) groups is 1. The Morgan fingerprint density at radius 2 is 2.14 bits per heavy atom. The number of nitrogen functional groups attached to an aromatic ring is 1. The van der Waals surface area contributed by atoms with Crippen LogP contribution in [0, 0.1) is 0 Å². The molecular weight excluding hydrogens is 356 g/mol. The van der Waals surface area contributed by atoms with E-state index in [2.05, 4.69) is 21.0 Å². The van der Waals surface area contributed by atoms with Crippen molar-refractivity contribution in [3.63, 3.8) is 0 Å². The third kappa shape index (κ3) is 3.84. The largest absolute Gasteiger partial charge is 0.399 e. The van der Waals surface area contributed by atoms with E-state index >= 15 is 0 Å². The zero-order valence-electron chi connectivity index (χ0n) is 11.8. The normalized spacial score (nSPS) is 11.1. The minimum atomic E-state index is -0.160. The Hall–Kier alpha value is -1.37. The molecule has 0 aliphatic heterocycles. The van der Waals surface area contributed by atoms with E-state index in [9.17, 15) is 4.79 Å². The molecule has 0 saturated heterocycles. The lowest BCUT2D eigenvalue weighted by Gasteiger charge is -2.12. The maximum absolute atomic E-state index is 12.7. The number of nitrogens with two attached hydrogens (primary N) is 1. The van der Waals surface area contributed by atoms with Crippen LogP contribution < -0.4 is 5.73 Å². The molecule has 1 heterocycles. The summed E-state index contributed by atoms with van der Waals surface area (Å²) in [5.41, 5.74) is 7.16. The van der Waals surface area contributed by atoms with E-state index in [1.54, 1.807) is 29.1 Å². The molecule has 0 spiro atoms. The second kappa shape index (κ2) is 6.60. The first-order chi connectivity index (χ1) is 9.88. The van der Waals surface area contributed by atoms with Crippen LogP contribution in [0.1, 0.15) is 16.1 Å². The third-order valence-electron chi connectivity index (χ3n) is 2.95. The van der Waals surface area contributed by atoms with Crippen molar-refractivity contribution in [3.8, 4) is 0 Å². The molecule has 0 fully saturated rings. The summed E-state index contributed by atoms with van der Waals surface area (Å²) >= 11 is 9.34. The van der Waals surface area contributed by atoms with Gasteiger partial charge in [-0.1, -0.05) is 11.6 Å². The molecule has 0 aliphatic rings. The van der Waals surface area contributed by atoms with Gasteiger partial charge in [0, 0.05) is 22.8 Å². The zero-order valence-corrected chi connectivity index (χ0v) is 14.1. The standard InChI is InChI=1S/C14H16BrClN4O/c1-19(2)3-4-20-13(12(15)8-18-20)14(21)9-5-10(16)7-11(17)6-9/h5-8H,3-4,17H2,1-2H3. The van der Waals surface area contributed by atoms with Crippen LogP contribution in [0.4, 0.5) is 5.69 Å². The van der Waals surface area contributed by atoms with E-state index in [1.807, 2.05) is 19.0 Å². The van der Waals surface area contributed by atoms with Gasteiger partial charge in [0.25, 0.3) is 0 Å². The van der Waals surface area contributed by atoms with Gasteiger partial charge in [0.15, 0.2) is 0 Å². The zero-order chi connectivity index (χ0) is 15.6. The molecule has 0 radical (unpaired) electrons. The molecule has 21 heavy (non-hydrogen) atoms. The lowest BCUT2D eigenvalue weighted by Crippen LogP contribution is -2.21. The predicted molar refractivity (Wildman–Crippen MR) is 87.8 cm³/mol. The number of aromatic nitrogens is 2. The average Bonchev–Trinajstić information content (AvgIpc) is 2.75. The summed E-state index contributed by atoms with van der Waals surface area (Å²) in [5.74, 6) is -0.160. The molecule has 0 bridgehead atoms. The number of hydrogen-bond acceptors (Lipinski definition) is 4. The van der Waals surface area contributed by atoms with Crippen LogP contribution in [0.15, 0.2) is 28.9 Å². The van der Waals surface area contributed by atoms with E-state index in [-0.39, 0.29) is 5.78 Å². The van der Waals surface area contributed by atoms with E-state index in [1.165, 1.54) is 0 Å². The Labute approximate surface area is 136 Å². The molecule has 0 aliphatic carbocycles. The number of carbonyl (C=O) groups excluding carboxylic acids is 1. The fraction of sp³-hybridized carbons (Fsp3) is 0.286. The quantitative estimate of drug-likeness (QED) is 0.648. The van der Waals surface area contributed by atoms with Crippen molar-refractivity contribution in [2.24, 2.45) is 0 Å². The molecule has 2 N–H and O–H groups in total. The molecule has 7 heteroatoms. The van der Waals surface area contributed by atoms with Crippen molar-refractivity contribution >= 4 is 39.0 Å². The second-order valence-corrected chi connectivity index (χ2v) is 6.26. The van der Waals surface area contributed by atoms with Crippen molar-refractivity contribution in [3.05, 3.63) is 45.1 Å². The van der Waals surface area contributed by atoms with E-state index in [0.717, 1.165) is 6.54 Å². The number of hydrogen-bond donors (Lipinski definition) is 1. The Kier molecular flexibility index (Phi) is 5.03. The Morgan fingerprint density at radius 3 is 2.76 bits per heavy atom. The summed E-state index contributed by atoms with van der Waals surface area (Å²) in [4.78, 5) is 14.7. The highest BCUT2D eigenvalue weighted by Crippen LogP contribution is 2.23. The first kappa shape index (κ1) is 16.0. The number of anilines is 1. The molecule has 1 aromatic heterocycles. The van der Waals surface area contributed by atoms with Gasteiger partial charge in [0.1, 0.15) is 5.69 Å². The van der Waals surface area contributed by atoms with Gasteiger partial charge < -0.3 is 10.6 Å². The fourth-order valence-corrected chi connectivity index (χ4v) is 2.65. The number of rotatable bonds is 5. The van der Waals surface area contributed by atoms with Crippen molar-refractivity contribution in [2.75, 3.05) is 26.4 Å². The van der Waals surface area contributed by atoms with Crippen LogP contribution in [0.25, 0.3) is 0 Å². The molecule has 112 valence electrons. The van der Waals surface area contributed by atoms with Crippen LogP contribution in [-0.2, 0) is 6.54 Å². The highest BCUT2D eigenvalue weighted by molar-refractivity contribution is 9.10. The maximum atomic E-state index is 12.7. The van der Waals surface area contributed by atoms with Gasteiger partial charge in [-0.05, 0) is 48.2 Å². The average molecular weight is 372 g/mol. The van der Waals surface area contributed by atoms with Crippen molar-refractivity contribution < 1.29 is 4.79 Å². The fourth-order valence-electron chi connectivity index (χ4n) is 1.93. The summed E-state index contributed by atoms with van der Waals surface area (Å²) in [7, 11) is 3.94. The first-order valence-corrected chi connectivity index (χ1v) is 7.52. The van der Waals surface area contributed by atoms with Gasteiger partial charge in [0.05, 0.1) is 17.2 Å². The van der Waals surface area contributed by atoms with Gasteiger partial charge in [-0.15, -0.1) is 0 Å². The Morgan fingerprint density at radius 1 is 1.43 bits per heavy atom. The van der Waals surface area contributed by atoms with Crippen LogP contribution in [-0.4, -0.2) is 41.1 Å². The molecule has 0 saturated carbocycles. The molecule has 2 rings (SSSR count). The molecular formula is C14H16BrClN4O. The highest BCUT2D eigenvalue weighted by Gasteiger charge is 2.19. The number of ketones is 1. The third-order valence-corrected chi connectivity index (χ3v) is 3.75. The van der Waals surface area contributed by atoms with E-state index < -0.39 is 0 Å². The number of halogens is 2. The summed E-state index contributed by atoms with van der Waals surface area (Å²) < 4.78 is 2.34. The second-order valence-electron chi connectivity index (χ2n) is 4.97. The van der Waals surface area contributed by atoms with Gasteiger partial charge >= 0.3 is 0 Å². The van der Waals surface area contributed by atoms with Gasteiger partial charge in [0.2, 0.25) is 5.78 Å². The molecule has 2 aromatic rings. The van der Waals surface area contributed by atoms with Gasteiger partial charge in [-0.25, -0.2) is 0 Å². The number of benzene rings is 1. The molecule has 5 nitrogen and oxygen atoms in total. The Balaban J connectivity index is 2.36. The lowest BCUT2D eigenvalue weighted by atomic mass is 10.1. The van der Waals surface area contributed by atoms with Crippen molar-refractivity contribution in [2.45, 2.75) is 6.54 Å².